The van der Waals surface area contributed by atoms with Crippen LogP contribution < -0.4 is 19.7 Å². The topological polar surface area (TPSA) is 129 Å². The van der Waals surface area contributed by atoms with Crippen LogP contribution in [0.25, 0.3) is 6.08 Å². The van der Waals surface area contributed by atoms with E-state index in [1.54, 1.807) is 25.3 Å². The van der Waals surface area contributed by atoms with Crippen molar-refractivity contribution < 1.29 is 33.5 Å². The number of carbonyl (C=O) groups excluding carboxylic acids is 2. The van der Waals surface area contributed by atoms with Crippen molar-refractivity contribution in [3.8, 4) is 11.5 Å². The number of benzene rings is 2. The molecule has 1 heterocycles. The van der Waals surface area contributed by atoms with Crippen molar-refractivity contribution in [1.29, 1.82) is 0 Å². The van der Waals surface area contributed by atoms with Crippen LogP contribution in [0, 0.1) is 0 Å². The van der Waals surface area contributed by atoms with E-state index < -0.39 is 22.7 Å². The summed E-state index contributed by atoms with van der Waals surface area (Å²) in [5, 5.41) is 22.1. The van der Waals surface area contributed by atoms with Gasteiger partial charge in [-0.2, -0.15) is 0 Å². The summed E-state index contributed by atoms with van der Waals surface area (Å²) < 4.78 is 23.8. The number of unbranched alkanes of at least 4 members (excludes halogenated alkanes) is 5. The van der Waals surface area contributed by atoms with E-state index in [4.69, 9.17) is 9.47 Å². The van der Waals surface area contributed by atoms with Crippen LogP contribution in [0.1, 0.15) is 65.8 Å². The van der Waals surface area contributed by atoms with E-state index in [2.05, 4.69) is 17.1 Å². The number of carboxylic acids is 2. The maximum absolute atomic E-state index is 12.8. The molecule has 2 aromatic carbocycles. The van der Waals surface area contributed by atoms with Gasteiger partial charge in [0.1, 0.15) is 17.2 Å². The summed E-state index contributed by atoms with van der Waals surface area (Å²) in [5.41, 5.74) is 1.99. The van der Waals surface area contributed by atoms with E-state index in [1.165, 1.54) is 29.8 Å². The smallest absolute Gasteiger partial charge is 0.144 e. The molecule has 0 saturated carbocycles. The van der Waals surface area contributed by atoms with Gasteiger partial charge < -0.3 is 29.3 Å². The summed E-state index contributed by atoms with van der Waals surface area (Å²) in [5.74, 6) is -1.41. The Morgan fingerprint density at radius 1 is 0.925 bits per heavy atom. The average molecular weight is 564 g/mol. The Hall–Kier alpha value is -3.98. The Morgan fingerprint density at radius 2 is 1.65 bits per heavy atom. The minimum Gasteiger partial charge on any atom is -0.545 e. The van der Waals surface area contributed by atoms with Crippen LogP contribution in [0.2, 0.25) is 0 Å². The predicted molar refractivity (Wildman–Crippen MR) is 149 cm³/mol. The number of carbonyl (C=O) groups is 2. The predicted octanol–water partition coefficient (Wildman–Crippen LogP) is 3.49. The molecular formula is C31H33NO7S-2. The first-order chi connectivity index (χ1) is 19.4. The van der Waals surface area contributed by atoms with Gasteiger partial charge in [-0.25, -0.2) is 4.98 Å². The molecule has 1 aromatic heterocycles. The van der Waals surface area contributed by atoms with Gasteiger partial charge in [0, 0.05) is 4.90 Å². The van der Waals surface area contributed by atoms with Gasteiger partial charge in [0.15, 0.2) is 0 Å². The van der Waals surface area contributed by atoms with Gasteiger partial charge in [-0.1, -0.05) is 49.9 Å². The second-order valence-corrected chi connectivity index (χ2v) is 10.7. The number of hydrogen-bond acceptors (Lipinski definition) is 8. The van der Waals surface area contributed by atoms with Gasteiger partial charge in [0.2, 0.25) is 0 Å². The zero-order valence-corrected chi connectivity index (χ0v) is 23.3. The van der Waals surface area contributed by atoms with Crippen molar-refractivity contribution in [1.82, 2.24) is 4.98 Å². The Labute approximate surface area is 237 Å². The average Bonchev–Trinajstić information content (AvgIpc) is 2.96. The van der Waals surface area contributed by atoms with E-state index in [1.807, 2.05) is 12.1 Å². The van der Waals surface area contributed by atoms with Crippen LogP contribution in [0.3, 0.4) is 0 Å². The monoisotopic (exact) mass is 563 g/mol. The third-order valence-corrected chi connectivity index (χ3v) is 7.55. The fourth-order valence-corrected chi connectivity index (χ4v) is 5.15. The molecule has 212 valence electrons. The summed E-state index contributed by atoms with van der Waals surface area (Å²) in [6.45, 7) is 0.459. The first-order valence-corrected chi connectivity index (χ1v) is 14.5. The van der Waals surface area contributed by atoms with Gasteiger partial charge in [-0.05, 0) is 78.9 Å². The number of ether oxygens (including phenoxy) is 2. The minimum atomic E-state index is -1.57. The second kappa shape index (κ2) is 16.2. The third kappa shape index (κ3) is 10.3. The van der Waals surface area contributed by atoms with E-state index in [0.29, 0.717) is 28.6 Å². The third-order valence-electron chi connectivity index (χ3n) is 6.21. The van der Waals surface area contributed by atoms with Crippen LogP contribution in [0.15, 0.2) is 71.6 Å². The summed E-state index contributed by atoms with van der Waals surface area (Å²) in [4.78, 5) is 26.8. The second-order valence-electron chi connectivity index (χ2n) is 9.21. The van der Waals surface area contributed by atoms with E-state index in [0.717, 1.165) is 56.8 Å². The number of rotatable bonds is 17. The van der Waals surface area contributed by atoms with Crippen molar-refractivity contribution in [2.24, 2.45) is 0 Å². The molecule has 1 atom stereocenters. The molecule has 3 rings (SSSR count). The van der Waals surface area contributed by atoms with Crippen LogP contribution in [0.4, 0.5) is 0 Å². The number of aromatic carboxylic acids is 1. The molecule has 0 saturated heterocycles. The molecule has 0 N–H and O–H groups in total. The number of aliphatic carboxylic acids is 1. The van der Waals surface area contributed by atoms with Crippen molar-refractivity contribution >= 4 is 28.8 Å². The highest BCUT2D eigenvalue weighted by atomic mass is 32.2. The number of pyridine rings is 1. The number of aromatic nitrogens is 1. The highest BCUT2D eigenvalue weighted by molar-refractivity contribution is 7.84. The van der Waals surface area contributed by atoms with Gasteiger partial charge >= 0.3 is 0 Å². The van der Waals surface area contributed by atoms with E-state index >= 15 is 0 Å². The Balaban J connectivity index is 1.45. The molecule has 0 aliphatic heterocycles. The zero-order chi connectivity index (χ0) is 28.7. The summed E-state index contributed by atoms with van der Waals surface area (Å²) >= 11 is 0. The highest BCUT2D eigenvalue weighted by Gasteiger charge is 2.11. The van der Waals surface area contributed by atoms with Crippen LogP contribution in [-0.4, -0.2) is 34.8 Å². The first-order valence-electron chi connectivity index (χ1n) is 13.2. The van der Waals surface area contributed by atoms with Gasteiger partial charge in [0.25, 0.3) is 0 Å². The van der Waals surface area contributed by atoms with Crippen molar-refractivity contribution in [2.75, 3.05) is 13.7 Å². The number of aryl methyl sites for hydroxylation is 1. The molecule has 0 spiro atoms. The van der Waals surface area contributed by atoms with Crippen LogP contribution in [0.5, 0.6) is 11.5 Å². The lowest BCUT2D eigenvalue weighted by atomic mass is 10.0. The molecule has 40 heavy (non-hydrogen) atoms. The molecule has 1 unspecified atom stereocenters. The lowest BCUT2D eigenvalue weighted by molar-refractivity contribution is -0.297. The molecule has 9 heteroatoms. The maximum atomic E-state index is 12.8. The highest BCUT2D eigenvalue weighted by Crippen LogP contribution is 2.22. The number of hydrogen-bond donors (Lipinski definition) is 0. The lowest BCUT2D eigenvalue weighted by Gasteiger charge is -2.11. The quantitative estimate of drug-likeness (QED) is 0.180. The number of carboxylic acid groups (broad SMARTS) is 2. The van der Waals surface area contributed by atoms with Gasteiger partial charge in [-0.3, -0.25) is 4.21 Å². The minimum absolute atomic E-state index is 0.0153. The zero-order valence-electron chi connectivity index (χ0n) is 22.5. The van der Waals surface area contributed by atoms with Crippen molar-refractivity contribution in [2.45, 2.75) is 55.6 Å². The number of methoxy groups -OCH3 is 1. The largest absolute Gasteiger partial charge is 0.545 e. The molecule has 0 radical (unpaired) electrons. The first kappa shape index (κ1) is 30.6. The fourth-order valence-electron chi connectivity index (χ4n) is 4.07. The standard InChI is InChI=1S/C31H35NO7S/c1-38-26-15-12-23(13-16-26)9-6-4-2-3-5-7-20-39-29-18-14-25(32-28(29)17-19-30(33)34)22-40(37)27-11-8-10-24(21-27)31(35)36/h8,10-19,21H,2-7,9,20,22H2,1H3,(H,33,34)(H,35,36)/p-2/b19-17+. The Kier molecular flexibility index (Phi) is 12.4. The van der Waals surface area contributed by atoms with Gasteiger partial charge in [-0.15, -0.1) is 0 Å². The molecule has 0 bridgehead atoms. The van der Waals surface area contributed by atoms with Crippen molar-refractivity contribution in [3.63, 3.8) is 0 Å². The molecule has 0 fully saturated rings. The molecule has 0 amide bonds. The molecule has 0 aliphatic carbocycles. The molecule has 3 aromatic rings. The maximum Gasteiger partial charge on any atom is 0.144 e. The van der Waals surface area contributed by atoms with E-state index in [-0.39, 0.29) is 11.3 Å². The molecule has 8 nitrogen and oxygen atoms in total. The normalized spacial score (nSPS) is 11.8. The summed E-state index contributed by atoms with van der Waals surface area (Å²) in [6.07, 6.45) is 9.63. The molecular weight excluding hydrogens is 530 g/mol. The summed E-state index contributed by atoms with van der Waals surface area (Å²) in [7, 11) is 0.0996. The van der Waals surface area contributed by atoms with Crippen LogP contribution >= 0.6 is 0 Å². The van der Waals surface area contributed by atoms with Crippen molar-refractivity contribution in [3.05, 3.63) is 89.3 Å². The lowest BCUT2D eigenvalue weighted by Crippen LogP contribution is -2.22. The number of nitrogens with zero attached hydrogens (tertiary/aromatic N) is 1. The van der Waals surface area contributed by atoms with Gasteiger partial charge in [0.05, 0.1) is 47.9 Å². The fraction of sp³-hybridized carbons (Fsp3) is 0.323. The summed E-state index contributed by atoms with van der Waals surface area (Å²) in [6, 6.07) is 17.3. The molecule has 0 aliphatic rings. The van der Waals surface area contributed by atoms with E-state index in [9.17, 15) is 24.0 Å². The Bertz CT molecular complexity index is 1320. The van der Waals surface area contributed by atoms with Crippen LogP contribution in [-0.2, 0) is 27.8 Å². The SMILES string of the molecule is COc1ccc(CCCCCCCCOc2ccc(CS(=O)c3cccc(C(=O)[O-])c3)nc2/C=C/C(=O)[O-])cc1. The Morgan fingerprint density at radius 3 is 2.35 bits per heavy atom.